The average Bonchev–Trinajstić information content (AvgIpc) is 2.76. The lowest BCUT2D eigenvalue weighted by Gasteiger charge is -2.21. The van der Waals surface area contributed by atoms with Gasteiger partial charge in [0.1, 0.15) is 10.6 Å². The molecule has 0 radical (unpaired) electrons. The lowest BCUT2D eigenvalue weighted by molar-refractivity contribution is -0.123. The Labute approximate surface area is 137 Å². The van der Waals surface area contributed by atoms with Crippen LogP contribution in [0.15, 0.2) is 9.42 Å². The molecule has 0 bridgehead atoms. The number of sulfonamides is 1. The van der Waals surface area contributed by atoms with E-state index in [-0.39, 0.29) is 22.4 Å². The summed E-state index contributed by atoms with van der Waals surface area (Å²) < 4.78 is 31.9. The van der Waals surface area contributed by atoms with Crippen molar-refractivity contribution in [3.63, 3.8) is 0 Å². The SMILES string of the molecule is Cc1noc(C)c1S(=O)(=O)NC(C)C(=O)NC(CN)CC(C)C. The van der Waals surface area contributed by atoms with Crippen LogP contribution >= 0.6 is 0 Å². The maximum Gasteiger partial charge on any atom is 0.246 e. The Bertz CT molecular complexity index is 620. The van der Waals surface area contributed by atoms with Gasteiger partial charge < -0.3 is 15.6 Å². The van der Waals surface area contributed by atoms with Crippen molar-refractivity contribution >= 4 is 15.9 Å². The van der Waals surface area contributed by atoms with E-state index in [1.165, 1.54) is 20.8 Å². The van der Waals surface area contributed by atoms with E-state index in [1.54, 1.807) is 0 Å². The van der Waals surface area contributed by atoms with Gasteiger partial charge >= 0.3 is 0 Å². The molecule has 1 aromatic heterocycles. The Balaban J connectivity index is 2.78. The maximum atomic E-state index is 12.4. The predicted molar refractivity (Wildman–Crippen MR) is 86.2 cm³/mol. The third-order valence-electron chi connectivity index (χ3n) is 3.35. The van der Waals surface area contributed by atoms with Gasteiger partial charge in [-0.15, -0.1) is 0 Å². The van der Waals surface area contributed by atoms with E-state index >= 15 is 0 Å². The average molecular weight is 346 g/mol. The van der Waals surface area contributed by atoms with E-state index in [0.717, 1.165) is 6.42 Å². The highest BCUT2D eigenvalue weighted by atomic mass is 32.2. The summed E-state index contributed by atoms with van der Waals surface area (Å²) in [5.74, 6) is 0.136. The van der Waals surface area contributed by atoms with Crippen molar-refractivity contribution < 1.29 is 17.7 Å². The zero-order chi connectivity index (χ0) is 17.8. The third kappa shape index (κ3) is 5.29. The molecule has 0 aliphatic carbocycles. The molecule has 0 saturated carbocycles. The molecule has 0 aromatic carbocycles. The summed E-state index contributed by atoms with van der Waals surface area (Å²) in [6.45, 7) is 8.87. The summed E-state index contributed by atoms with van der Waals surface area (Å²) in [5.41, 5.74) is 5.89. The van der Waals surface area contributed by atoms with Gasteiger partial charge in [0, 0.05) is 12.6 Å². The fourth-order valence-corrected chi connectivity index (χ4v) is 3.84. The zero-order valence-corrected chi connectivity index (χ0v) is 15.0. The number of hydrogen-bond acceptors (Lipinski definition) is 6. The molecular weight excluding hydrogens is 320 g/mol. The molecule has 8 nitrogen and oxygen atoms in total. The lowest BCUT2D eigenvalue weighted by atomic mass is 10.0. The monoisotopic (exact) mass is 346 g/mol. The van der Waals surface area contributed by atoms with Gasteiger partial charge in [-0.2, -0.15) is 4.72 Å². The zero-order valence-electron chi connectivity index (χ0n) is 14.2. The molecule has 1 amide bonds. The summed E-state index contributed by atoms with van der Waals surface area (Å²) in [4.78, 5) is 12.1. The molecule has 23 heavy (non-hydrogen) atoms. The van der Waals surface area contributed by atoms with Crippen molar-refractivity contribution in [2.45, 2.75) is 58.0 Å². The first-order valence-corrected chi connectivity index (χ1v) is 9.02. The Morgan fingerprint density at radius 2 is 1.91 bits per heavy atom. The second-order valence-corrected chi connectivity index (χ2v) is 7.72. The molecule has 0 spiro atoms. The Morgan fingerprint density at radius 3 is 2.35 bits per heavy atom. The van der Waals surface area contributed by atoms with Crippen molar-refractivity contribution in [1.29, 1.82) is 0 Å². The second-order valence-electron chi connectivity index (χ2n) is 6.07. The second kappa shape index (κ2) is 7.89. The number of aromatic nitrogens is 1. The van der Waals surface area contributed by atoms with Crippen LogP contribution in [-0.4, -0.2) is 38.1 Å². The third-order valence-corrected chi connectivity index (χ3v) is 5.13. The van der Waals surface area contributed by atoms with Crippen LogP contribution in [0.2, 0.25) is 0 Å². The van der Waals surface area contributed by atoms with Gasteiger partial charge in [0.2, 0.25) is 15.9 Å². The fourth-order valence-electron chi connectivity index (χ4n) is 2.31. The Kier molecular flexibility index (Phi) is 6.72. The van der Waals surface area contributed by atoms with Gasteiger partial charge in [0.15, 0.2) is 5.76 Å². The van der Waals surface area contributed by atoms with Crippen molar-refractivity contribution in [1.82, 2.24) is 15.2 Å². The van der Waals surface area contributed by atoms with Crippen LogP contribution in [0.5, 0.6) is 0 Å². The summed E-state index contributed by atoms with van der Waals surface area (Å²) in [5, 5.41) is 6.38. The minimum Gasteiger partial charge on any atom is -0.360 e. The van der Waals surface area contributed by atoms with Crippen LogP contribution in [0.25, 0.3) is 0 Å². The first-order chi connectivity index (χ1) is 10.6. The number of hydrogen-bond donors (Lipinski definition) is 3. The number of carbonyl (C=O) groups is 1. The van der Waals surface area contributed by atoms with Gasteiger partial charge in [0.25, 0.3) is 0 Å². The lowest BCUT2D eigenvalue weighted by Crippen LogP contribution is -2.50. The van der Waals surface area contributed by atoms with Crippen LogP contribution in [0.1, 0.15) is 38.6 Å². The molecule has 0 fully saturated rings. The molecule has 0 saturated heterocycles. The molecular formula is C14H26N4O4S. The van der Waals surface area contributed by atoms with Crippen molar-refractivity contribution in [3.05, 3.63) is 11.5 Å². The van der Waals surface area contributed by atoms with Crippen LogP contribution in [0.3, 0.4) is 0 Å². The maximum absolute atomic E-state index is 12.4. The molecule has 0 aliphatic rings. The smallest absolute Gasteiger partial charge is 0.246 e. The highest BCUT2D eigenvalue weighted by molar-refractivity contribution is 7.89. The van der Waals surface area contributed by atoms with E-state index in [4.69, 9.17) is 10.3 Å². The highest BCUT2D eigenvalue weighted by Crippen LogP contribution is 2.18. The number of carbonyl (C=O) groups excluding carboxylic acids is 1. The van der Waals surface area contributed by atoms with Gasteiger partial charge in [-0.1, -0.05) is 19.0 Å². The summed E-state index contributed by atoms with van der Waals surface area (Å²) in [7, 11) is -3.89. The van der Waals surface area contributed by atoms with Gasteiger partial charge in [-0.25, -0.2) is 8.42 Å². The molecule has 4 N–H and O–H groups in total. The molecule has 2 atom stereocenters. The van der Waals surface area contributed by atoms with Crippen LogP contribution in [0, 0.1) is 19.8 Å². The number of amides is 1. The van der Waals surface area contributed by atoms with Crippen LogP contribution < -0.4 is 15.8 Å². The number of aryl methyl sites for hydroxylation is 2. The van der Waals surface area contributed by atoms with E-state index in [2.05, 4.69) is 15.2 Å². The predicted octanol–water partition coefficient (Wildman–Crippen LogP) is 0.448. The van der Waals surface area contributed by atoms with E-state index in [9.17, 15) is 13.2 Å². The summed E-state index contributed by atoms with van der Waals surface area (Å²) in [6, 6.07) is -1.12. The van der Waals surface area contributed by atoms with E-state index in [1.807, 2.05) is 13.8 Å². The van der Waals surface area contributed by atoms with Crippen molar-refractivity contribution in [3.8, 4) is 0 Å². The Hall–Kier alpha value is -1.45. The first-order valence-electron chi connectivity index (χ1n) is 7.54. The largest absolute Gasteiger partial charge is 0.360 e. The molecule has 1 rings (SSSR count). The minimum absolute atomic E-state index is 0.0327. The number of nitrogens with two attached hydrogens (primary N) is 1. The van der Waals surface area contributed by atoms with E-state index < -0.39 is 22.0 Å². The molecule has 132 valence electrons. The first kappa shape index (κ1) is 19.6. The van der Waals surface area contributed by atoms with Crippen LogP contribution in [0.4, 0.5) is 0 Å². The fraction of sp³-hybridized carbons (Fsp3) is 0.714. The number of nitrogens with one attached hydrogen (secondary N) is 2. The molecule has 1 aromatic rings. The van der Waals surface area contributed by atoms with Gasteiger partial charge in [0.05, 0.1) is 6.04 Å². The van der Waals surface area contributed by atoms with Crippen molar-refractivity contribution in [2.75, 3.05) is 6.54 Å². The van der Waals surface area contributed by atoms with E-state index in [0.29, 0.717) is 12.5 Å². The standard InChI is InChI=1S/C14H26N4O4S/c1-8(2)6-12(7-15)16-14(19)10(4)18-23(20,21)13-9(3)17-22-11(13)5/h8,10,12,18H,6-7,15H2,1-5H3,(H,16,19). The summed E-state index contributed by atoms with van der Waals surface area (Å²) in [6.07, 6.45) is 0.728. The number of nitrogens with zero attached hydrogens (tertiary/aromatic N) is 1. The van der Waals surface area contributed by atoms with Crippen LogP contribution in [-0.2, 0) is 14.8 Å². The molecule has 0 aliphatic heterocycles. The molecule has 2 unspecified atom stereocenters. The summed E-state index contributed by atoms with van der Waals surface area (Å²) >= 11 is 0. The van der Waals surface area contributed by atoms with Crippen molar-refractivity contribution in [2.24, 2.45) is 11.7 Å². The molecule has 9 heteroatoms. The number of rotatable bonds is 8. The van der Waals surface area contributed by atoms with Gasteiger partial charge in [-0.05, 0) is 33.1 Å². The normalized spacial score (nSPS) is 14.7. The highest BCUT2D eigenvalue weighted by Gasteiger charge is 2.28. The molecule has 1 heterocycles. The Morgan fingerprint density at radius 1 is 1.30 bits per heavy atom. The van der Waals surface area contributed by atoms with Gasteiger partial charge in [-0.3, -0.25) is 4.79 Å². The quantitative estimate of drug-likeness (QED) is 0.627. The minimum atomic E-state index is -3.89. The topological polar surface area (TPSA) is 127 Å².